The number of hydrogen-bond donors (Lipinski definition) is 0. The number of carbonyl (C=O) groups is 1. The van der Waals surface area contributed by atoms with Crippen molar-refractivity contribution in [1.82, 2.24) is 4.98 Å². The summed E-state index contributed by atoms with van der Waals surface area (Å²) in [5, 5.41) is 0. The van der Waals surface area contributed by atoms with E-state index in [9.17, 15) is 4.79 Å². The van der Waals surface area contributed by atoms with Crippen LogP contribution in [0.1, 0.15) is 5.56 Å². The maximum Gasteiger partial charge on any atom is 0.357 e. The zero-order valence-corrected chi connectivity index (χ0v) is 14.2. The highest BCUT2D eigenvalue weighted by molar-refractivity contribution is 5.92. The molecule has 5 heteroatoms. The number of methoxy groups -OCH3 is 2. The highest BCUT2D eigenvalue weighted by Gasteiger charge is 2.19. The summed E-state index contributed by atoms with van der Waals surface area (Å²) in [6, 6.07) is 15.7. The summed E-state index contributed by atoms with van der Waals surface area (Å²) < 4.78 is 9.58. The van der Waals surface area contributed by atoms with Crippen LogP contribution in [0.2, 0.25) is 0 Å². The summed E-state index contributed by atoms with van der Waals surface area (Å²) in [7, 11) is 4.48. The molecule has 0 aliphatic rings. The second-order valence-electron chi connectivity index (χ2n) is 4.56. The number of ether oxygens (including phenoxy) is 2. The van der Waals surface area contributed by atoms with E-state index in [2.05, 4.69) is 11.6 Å². The first-order chi connectivity index (χ1) is 11.7. The molecular formula is C19H22N2O3. The van der Waals surface area contributed by atoms with Crippen LogP contribution < -0.4 is 4.90 Å². The van der Waals surface area contributed by atoms with Crippen molar-refractivity contribution in [3.8, 4) is 0 Å². The summed E-state index contributed by atoms with van der Waals surface area (Å²) in [5.74, 6) is 0.0983. The largest absolute Gasteiger partial charge is 0.502 e. The van der Waals surface area contributed by atoms with Crippen molar-refractivity contribution in [2.75, 3.05) is 26.2 Å². The predicted molar refractivity (Wildman–Crippen MR) is 96.3 cm³/mol. The highest BCUT2D eigenvalue weighted by Crippen LogP contribution is 2.21. The molecule has 0 saturated carbocycles. The van der Waals surface area contributed by atoms with Crippen LogP contribution in [0.25, 0.3) is 6.08 Å². The van der Waals surface area contributed by atoms with E-state index in [1.54, 1.807) is 30.3 Å². The molecule has 1 aromatic carbocycles. The first-order valence-corrected chi connectivity index (χ1v) is 7.28. The van der Waals surface area contributed by atoms with Gasteiger partial charge in [-0.05, 0) is 12.1 Å². The van der Waals surface area contributed by atoms with E-state index in [0.29, 0.717) is 5.82 Å². The number of anilines is 1. The van der Waals surface area contributed by atoms with Gasteiger partial charge in [-0.15, -0.1) is 0 Å². The van der Waals surface area contributed by atoms with Gasteiger partial charge in [0.25, 0.3) is 0 Å². The molecule has 0 fully saturated rings. The van der Waals surface area contributed by atoms with Crippen molar-refractivity contribution in [3.63, 3.8) is 0 Å². The van der Waals surface area contributed by atoms with E-state index in [4.69, 9.17) is 9.47 Å². The Hall–Kier alpha value is -3.08. The number of likely N-dealkylation sites (N-methyl/N-ethyl adjacent to an activating group) is 1. The second-order valence-corrected chi connectivity index (χ2v) is 4.56. The van der Waals surface area contributed by atoms with E-state index in [1.165, 1.54) is 20.5 Å². The molecule has 5 nitrogen and oxygen atoms in total. The Morgan fingerprint density at radius 2 is 1.71 bits per heavy atom. The number of pyridine rings is 1. The molecule has 0 radical (unpaired) electrons. The molecule has 24 heavy (non-hydrogen) atoms. The lowest BCUT2D eigenvalue weighted by atomic mass is 10.2. The van der Waals surface area contributed by atoms with Crippen LogP contribution in [-0.2, 0) is 14.3 Å². The van der Waals surface area contributed by atoms with E-state index in [-0.39, 0.29) is 5.70 Å². The molecule has 0 saturated heterocycles. The summed E-state index contributed by atoms with van der Waals surface area (Å²) in [4.78, 5) is 17.5. The van der Waals surface area contributed by atoms with Crippen LogP contribution in [0.5, 0.6) is 0 Å². The van der Waals surface area contributed by atoms with E-state index >= 15 is 0 Å². The molecule has 0 unspecified atom stereocenters. The fourth-order valence-corrected chi connectivity index (χ4v) is 1.83. The van der Waals surface area contributed by atoms with Gasteiger partial charge in [-0.25, -0.2) is 9.78 Å². The number of rotatable bonds is 5. The van der Waals surface area contributed by atoms with Crippen molar-refractivity contribution in [2.45, 2.75) is 0 Å². The Kier molecular flexibility index (Phi) is 8.39. The SMILES string of the molecule is C=Cc1cccnc1N(C)C(=COC)C(=O)OC.c1ccccc1. The lowest BCUT2D eigenvalue weighted by Gasteiger charge is -2.20. The number of carbonyl (C=O) groups excluding carboxylic acids is 1. The van der Waals surface area contributed by atoms with Gasteiger partial charge in [-0.1, -0.05) is 49.1 Å². The number of hydrogen-bond acceptors (Lipinski definition) is 5. The molecule has 0 N–H and O–H groups in total. The summed E-state index contributed by atoms with van der Waals surface area (Å²) >= 11 is 0. The Bertz CT molecular complexity index is 643. The first-order valence-electron chi connectivity index (χ1n) is 7.28. The number of nitrogens with zero attached hydrogens (tertiary/aromatic N) is 2. The molecule has 0 aliphatic carbocycles. The summed E-state index contributed by atoms with van der Waals surface area (Å²) in [5.41, 5.74) is 1.06. The van der Waals surface area contributed by atoms with Gasteiger partial charge in [-0.3, -0.25) is 0 Å². The highest BCUT2D eigenvalue weighted by atomic mass is 16.5. The van der Waals surface area contributed by atoms with E-state index in [1.807, 2.05) is 42.5 Å². The first kappa shape index (κ1) is 19.0. The van der Waals surface area contributed by atoms with Gasteiger partial charge in [0.1, 0.15) is 12.1 Å². The Balaban J connectivity index is 0.000000400. The second kappa shape index (κ2) is 10.6. The summed E-state index contributed by atoms with van der Waals surface area (Å²) in [6.45, 7) is 3.71. The molecule has 0 aliphatic heterocycles. The average Bonchev–Trinajstić information content (AvgIpc) is 2.66. The van der Waals surface area contributed by atoms with Crippen molar-refractivity contribution in [2.24, 2.45) is 0 Å². The fraction of sp³-hybridized carbons (Fsp3) is 0.158. The van der Waals surface area contributed by atoms with Crippen LogP contribution in [0, 0.1) is 0 Å². The van der Waals surface area contributed by atoms with Crippen LogP contribution in [0.15, 0.2) is 73.3 Å². The molecule has 0 atom stereocenters. The monoisotopic (exact) mass is 326 g/mol. The van der Waals surface area contributed by atoms with Gasteiger partial charge in [0.15, 0.2) is 5.70 Å². The third-order valence-corrected chi connectivity index (χ3v) is 3.01. The van der Waals surface area contributed by atoms with Crippen LogP contribution in [-0.4, -0.2) is 32.2 Å². The molecule has 2 aromatic rings. The molecule has 126 valence electrons. The number of benzene rings is 1. The maximum atomic E-state index is 11.7. The fourth-order valence-electron chi connectivity index (χ4n) is 1.83. The van der Waals surface area contributed by atoms with Gasteiger partial charge in [0.05, 0.1) is 14.2 Å². The number of aromatic nitrogens is 1. The van der Waals surface area contributed by atoms with Crippen LogP contribution in [0.4, 0.5) is 5.82 Å². The predicted octanol–water partition coefficient (Wildman–Crippen LogP) is 3.51. The summed E-state index contributed by atoms with van der Waals surface area (Å²) in [6.07, 6.45) is 4.62. The topological polar surface area (TPSA) is 51.7 Å². The minimum Gasteiger partial charge on any atom is -0.502 e. The Morgan fingerprint density at radius 1 is 1.12 bits per heavy atom. The molecule has 1 heterocycles. The van der Waals surface area contributed by atoms with Gasteiger partial charge in [0, 0.05) is 18.8 Å². The van der Waals surface area contributed by atoms with Gasteiger partial charge in [0.2, 0.25) is 0 Å². The third-order valence-electron chi connectivity index (χ3n) is 3.01. The van der Waals surface area contributed by atoms with Crippen molar-refractivity contribution < 1.29 is 14.3 Å². The lowest BCUT2D eigenvalue weighted by molar-refractivity contribution is -0.136. The lowest BCUT2D eigenvalue weighted by Crippen LogP contribution is -2.25. The number of esters is 1. The van der Waals surface area contributed by atoms with Crippen LogP contribution in [0.3, 0.4) is 0 Å². The Labute approximate surface area is 142 Å². The molecular weight excluding hydrogens is 304 g/mol. The minimum absolute atomic E-state index is 0.252. The van der Waals surface area contributed by atoms with Crippen molar-refractivity contribution >= 4 is 17.9 Å². The maximum absolute atomic E-state index is 11.7. The zero-order chi connectivity index (χ0) is 17.8. The van der Waals surface area contributed by atoms with Gasteiger partial charge >= 0.3 is 5.97 Å². The van der Waals surface area contributed by atoms with E-state index < -0.39 is 5.97 Å². The Morgan fingerprint density at radius 3 is 2.17 bits per heavy atom. The molecule has 0 spiro atoms. The van der Waals surface area contributed by atoms with Crippen molar-refractivity contribution in [3.05, 3.63) is 78.8 Å². The zero-order valence-electron chi connectivity index (χ0n) is 14.2. The minimum atomic E-state index is -0.500. The molecule has 1 aromatic heterocycles. The quantitative estimate of drug-likeness (QED) is 0.478. The normalized spacial score (nSPS) is 10.0. The standard InChI is InChI=1S/C13H16N2O3.C6H6/c1-5-10-7-6-8-14-12(10)15(2)11(9-17-3)13(16)18-4;1-2-4-6-5-3-1/h5-9H,1H2,2-4H3;1-6H. The molecule has 0 amide bonds. The molecule has 2 rings (SSSR count). The third kappa shape index (κ3) is 5.61. The van der Waals surface area contributed by atoms with Gasteiger partial charge < -0.3 is 14.4 Å². The van der Waals surface area contributed by atoms with Crippen LogP contribution >= 0.6 is 0 Å². The smallest absolute Gasteiger partial charge is 0.357 e. The average molecular weight is 326 g/mol. The molecule has 0 bridgehead atoms. The van der Waals surface area contributed by atoms with E-state index in [0.717, 1.165) is 5.56 Å². The van der Waals surface area contributed by atoms with Crippen molar-refractivity contribution in [1.29, 1.82) is 0 Å². The van der Waals surface area contributed by atoms with Gasteiger partial charge in [-0.2, -0.15) is 0 Å².